The van der Waals surface area contributed by atoms with Gasteiger partial charge in [-0.2, -0.15) is 0 Å². The molecule has 2 nitrogen and oxygen atoms in total. The van der Waals surface area contributed by atoms with Crippen LogP contribution in [0, 0.1) is 6.92 Å². The van der Waals surface area contributed by atoms with E-state index in [9.17, 15) is 0 Å². The number of pyridine rings is 1. The van der Waals surface area contributed by atoms with Crippen molar-refractivity contribution in [2.75, 3.05) is 0 Å². The maximum absolute atomic E-state index is 6.32. The Morgan fingerprint density at radius 1 is 1.40 bits per heavy atom. The van der Waals surface area contributed by atoms with E-state index in [1.807, 2.05) is 25.1 Å². The van der Waals surface area contributed by atoms with Crippen molar-refractivity contribution in [3.8, 4) is 0 Å². The zero-order valence-corrected chi connectivity index (χ0v) is 9.68. The van der Waals surface area contributed by atoms with Gasteiger partial charge in [0.1, 0.15) is 5.38 Å². The lowest BCUT2D eigenvalue weighted by Crippen LogP contribution is -1.97. The second kappa shape index (κ2) is 4.25. The number of rotatable bonds is 2. The summed E-state index contributed by atoms with van der Waals surface area (Å²) in [4.78, 5) is 7.26. The summed E-state index contributed by atoms with van der Waals surface area (Å²) in [5.74, 6) is 0. The summed E-state index contributed by atoms with van der Waals surface area (Å²) < 4.78 is 0. The Balaban J connectivity index is 2.41. The van der Waals surface area contributed by atoms with Crippen molar-refractivity contribution in [3.05, 3.63) is 52.6 Å². The molecule has 4 heteroatoms. The fraction of sp³-hybridized carbons (Fsp3) is 0.182. The maximum Gasteiger partial charge on any atom is 0.104 e. The van der Waals surface area contributed by atoms with Crippen molar-refractivity contribution in [2.24, 2.45) is 0 Å². The van der Waals surface area contributed by atoms with E-state index in [4.69, 9.17) is 23.2 Å². The van der Waals surface area contributed by atoms with Crippen LogP contribution >= 0.6 is 23.2 Å². The molecule has 0 saturated carbocycles. The molecule has 0 aromatic carbocycles. The van der Waals surface area contributed by atoms with E-state index in [-0.39, 0.29) is 5.38 Å². The van der Waals surface area contributed by atoms with Gasteiger partial charge in [-0.15, -0.1) is 11.6 Å². The molecule has 0 aliphatic rings. The molecule has 0 saturated heterocycles. The second-order valence-electron chi connectivity index (χ2n) is 3.29. The maximum atomic E-state index is 6.32. The third-order valence-electron chi connectivity index (χ3n) is 2.28. The fourth-order valence-electron chi connectivity index (χ4n) is 1.49. The predicted molar refractivity (Wildman–Crippen MR) is 62.5 cm³/mol. The van der Waals surface area contributed by atoms with Gasteiger partial charge in [0.2, 0.25) is 0 Å². The quantitative estimate of drug-likeness (QED) is 0.798. The van der Waals surface area contributed by atoms with Gasteiger partial charge < -0.3 is 4.98 Å². The number of aromatic amines is 1. The number of nitrogens with one attached hydrogen (secondary N) is 1. The van der Waals surface area contributed by atoms with Gasteiger partial charge in [0.15, 0.2) is 0 Å². The van der Waals surface area contributed by atoms with Crippen LogP contribution in [0.25, 0.3) is 0 Å². The average molecular weight is 241 g/mol. The van der Waals surface area contributed by atoms with Gasteiger partial charge in [-0.05, 0) is 19.1 Å². The minimum absolute atomic E-state index is 0.301. The lowest BCUT2D eigenvalue weighted by Gasteiger charge is -2.09. The van der Waals surface area contributed by atoms with Crippen LogP contribution in [0.4, 0.5) is 0 Å². The van der Waals surface area contributed by atoms with Gasteiger partial charge in [-0.25, -0.2) is 0 Å². The smallest absolute Gasteiger partial charge is 0.104 e. The number of alkyl halides is 1. The Morgan fingerprint density at radius 2 is 2.20 bits per heavy atom. The summed E-state index contributed by atoms with van der Waals surface area (Å²) in [5, 5.41) is 0.350. The van der Waals surface area contributed by atoms with Crippen LogP contribution in [0.2, 0.25) is 5.02 Å². The molecule has 2 aromatic rings. The van der Waals surface area contributed by atoms with E-state index >= 15 is 0 Å². The van der Waals surface area contributed by atoms with E-state index in [1.165, 1.54) is 0 Å². The number of hydrogen-bond donors (Lipinski definition) is 1. The number of hydrogen-bond acceptors (Lipinski definition) is 1. The third kappa shape index (κ3) is 2.01. The molecule has 78 valence electrons. The highest BCUT2D eigenvalue weighted by Gasteiger charge is 2.18. The lowest BCUT2D eigenvalue weighted by atomic mass is 10.1. The molecule has 2 aromatic heterocycles. The average Bonchev–Trinajstić information content (AvgIpc) is 2.59. The largest absolute Gasteiger partial charge is 0.364 e. The lowest BCUT2D eigenvalue weighted by molar-refractivity contribution is 1.02. The highest BCUT2D eigenvalue weighted by Crippen LogP contribution is 2.34. The van der Waals surface area contributed by atoms with Crippen LogP contribution in [0.1, 0.15) is 22.3 Å². The van der Waals surface area contributed by atoms with Crippen molar-refractivity contribution in [3.63, 3.8) is 0 Å². The molecule has 1 unspecified atom stereocenters. The molecular weight excluding hydrogens is 231 g/mol. The van der Waals surface area contributed by atoms with Gasteiger partial charge in [-0.3, -0.25) is 4.98 Å². The SMILES string of the molecule is Cc1[nH]cc(Cl)c1C(Cl)c1ccccn1. The highest BCUT2D eigenvalue weighted by atomic mass is 35.5. The van der Waals surface area contributed by atoms with Crippen LogP contribution in [-0.4, -0.2) is 9.97 Å². The Bertz CT molecular complexity index is 431. The van der Waals surface area contributed by atoms with Gasteiger partial charge in [-0.1, -0.05) is 17.7 Å². The topological polar surface area (TPSA) is 28.7 Å². The highest BCUT2D eigenvalue weighted by molar-refractivity contribution is 6.33. The standard InChI is InChI=1S/C11H10Cl2N2/c1-7-10(8(12)6-15-7)11(13)9-4-2-3-5-14-9/h2-6,11,15H,1H3. The first kappa shape index (κ1) is 10.5. The fourth-order valence-corrected chi connectivity index (χ4v) is 2.26. The third-order valence-corrected chi connectivity index (χ3v) is 3.03. The van der Waals surface area contributed by atoms with E-state index in [0.29, 0.717) is 5.02 Å². The van der Waals surface area contributed by atoms with Crippen molar-refractivity contribution in [2.45, 2.75) is 12.3 Å². The van der Waals surface area contributed by atoms with Crippen LogP contribution in [0.5, 0.6) is 0 Å². The Hall–Kier alpha value is -0.990. The van der Waals surface area contributed by atoms with Crippen molar-refractivity contribution in [1.82, 2.24) is 9.97 Å². The van der Waals surface area contributed by atoms with Crippen molar-refractivity contribution >= 4 is 23.2 Å². The minimum atomic E-state index is -0.301. The summed E-state index contributed by atoms with van der Waals surface area (Å²) in [6, 6.07) is 5.66. The van der Waals surface area contributed by atoms with Gasteiger partial charge >= 0.3 is 0 Å². The molecule has 0 bridgehead atoms. The molecule has 15 heavy (non-hydrogen) atoms. The first-order valence-corrected chi connectivity index (χ1v) is 5.40. The summed E-state index contributed by atoms with van der Waals surface area (Å²) in [7, 11) is 0. The summed E-state index contributed by atoms with van der Waals surface area (Å²) in [6.45, 7) is 1.94. The normalized spacial score (nSPS) is 12.7. The molecule has 0 amide bonds. The molecule has 0 aliphatic carbocycles. The molecule has 0 aliphatic heterocycles. The van der Waals surface area contributed by atoms with Crippen LogP contribution in [0.15, 0.2) is 30.6 Å². The molecule has 1 N–H and O–H groups in total. The van der Waals surface area contributed by atoms with Crippen LogP contribution in [-0.2, 0) is 0 Å². The Kier molecular flexibility index (Phi) is 2.98. The monoisotopic (exact) mass is 240 g/mol. The summed E-state index contributed by atoms with van der Waals surface area (Å²) in [6.07, 6.45) is 3.46. The Morgan fingerprint density at radius 3 is 2.73 bits per heavy atom. The second-order valence-corrected chi connectivity index (χ2v) is 4.14. The summed E-state index contributed by atoms with van der Waals surface area (Å²) in [5.41, 5.74) is 2.69. The van der Waals surface area contributed by atoms with Crippen LogP contribution in [0.3, 0.4) is 0 Å². The van der Waals surface area contributed by atoms with E-state index in [0.717, 1.165) is 17.0 Å². The van der Waals surface area contributed by atoms with E-state index in [2.05, 4.69) is 9.97 Å². The van der Waals surface area contributed by atoms with E-state index < -0.39 is 0 Å². The molecule has 2 rings (SSSR count). The summed E-state index contributed by atoms with van der Waals surface area (Å²) >= 11 is 12.4. The number of aryl methyl sites for hydroxylation is 1. The molecular formula is C11H10Cl2N2. The predicted octanol–water partition coefficient (Wildman–Crippen LogP) is 3.70. The van der Waals surface area contributed by atoms with Crippen molar-refractivity contribution < 1.29 is 0 Å². The number of aromatic nitrogens is 2. The first-order chi connectivity index (χ1) is 7.20. The molecule has 0 fully saturated rings. The molecule has 0 spiro atoms. The number of H-pyrrole nitrogens is 1. The minimum Gasteiger partial charge on any atom is -0.364 e. The molecule has 2 heterocycles. The zero-order valence-electron chi connectivity index (χ0n) is 8.17. The number of halogens is 2. The van der Waals surface area contributed by atoms with Gasteiger partial charge in [0.05, 0.1) is 10.7 Å². The van der Waals surface area contributed by atoms with Gasteiger partial charge in [0.25, 0.3) is 0 Å². The molecule has 0 radical (unpaired) electrons. The van der Waals surface area contributed by atoms with Crippen LogP contribution < -0.4 is 0 Å². The number of nitrogens with zero attached hydrogens (tertiary/aromatic N) is 1. The van der Waals surface area contributed by atoms with Crippen molar-refractivity contribution in [1.29, 1.82) is 0 Å². The Labute approximate surface area is 98.3 Å². The van der Waals surface area contributed by atoms with E-state index in [1.54, 1.807) is 12.4 Å². The first-order valence-electron chi connectivity index (χ1n) is 4.58. The zero-order chi connectivity index (χ0) is 10.8. The van der Waals surface area contributed by atoms with Gasteiger partial charge in [0, 0.05) is 23.7 Å². The molecule has 1 atom stereocenters.